The number of aliphatic hydroxyl groups excluding tert-OH is 1. The third-order valence-corrected chi connectivity index (χ3v) is 7.26. The van der Waals surface area contributed by atoms with Gasteiger partial charge in [-0.05, 0) is 18.1 Å². The normalized spacial score (nSPS) is 13.1. The molecule has 0 aromatic carbocycles. The minimum atomic E-state index is -1.56. The van der Waals surface area contributed by atoms with E-state index in [1.807, 2.05) is 6.42 Å². The number of aliphatic hydroxyl groups is 1. The van der Waals surface area contributed by atoms with Gasteiger partial charge >= 0.3 is 0 Å². The van der Waals surface area contributed by atoms with Gasteiger partial charge < -0.3 is 9.53 Å². The van der Waals surface area contributed by atoms with Crippen molar-refractivity contribution in [3.05, 3.63) is 6.42 Å². The molecule has 0 aliphatic carbocycles. The van der Waals surface area contributed by atoms with Gasteiger partial charge in [-0.25, -0.2) is 0 Å². The molecular weight excluding hydrogens is 180 g/mol. The van der Waals surface area contributed by atoms with Crippen LogP contribution in [0.15, 0.2) is 0 Å². The third kappa shape index (κ3) is 4.69. The Labute approximate surface area is 83.4 Å². The zero-order valence-corrected chi connectivity index (χ0v) is 10.6. The molecule has 0 aliphatic heterocycles. The van der Waals surface area contributed by atoms with Crippen molar-refractivity contribution in [2.24, 2.45) is 0 Å². The first kappa shape index (κ1) is 13.0. The van der Waals surface area contributed by atoms with E-state index in [-0.39, 0.29) is 11.6 Å². The van der Waals surface area contributed by atoms with Crippen molar-refractivity contribution in [3.8, 4) is 0 Å². The molecule has 0 saturated carbocycles. The lowest BCUT2D eigenvalue weighted by atomic mass is 10.2. The Kier molecular flexibility index (Phi) is 5.03. The zero-order valence-electron chi connectivity index (χ0n) is 9.55. The molecule has 0 rings (SSSR count). The van der Waals surface area contributed by atoms with Crippen LogP contribution in [0.4, 0.5) is 0 Å². The summed E-state index contributed by atoms with van der Waals surface area (Å²) in [5, 5.41) is 8.84. The summed E-state index contributed by atoms with van der Waals surface area (Å²) < 4.78 is 5.89. The van der Waals surface area contributed by atoms with Gasteiger partial charge in [-0.15, -0.1) is 0 Å². The van der Waals surface area contributed by atoms with Crippen LogP contribution in [-0.4, -0.2) is 26.6 Å². The zero-order chi connectivity index (χ0) is 10.5. The van der Waals surface area contributed by atoms with Crippen molar-refractivity contribution in [2.45, 2.75) is 45.3 Å². The summed E-state index contributed by atoms with van der Waals surface area (Å²) in [6.45, 7) is 12.1. The molecule has 0 aliphatic rings. The van der Waals surface area contributed by atoms with Crippen molar-refractivity contribution in [1.29, 1.82) is 0 Å². The molecule has 0 heterocycles. The van der Waals surface area contributed by atoms with Crippen LogP contribution in [0.5, 0.6) is 0 Å². The van der Waals surface area contributed by atoms with Gasteiger partial charge in [0.05, 0.1) is 6.61 Å². The Morgan fingerprint density at radius 2 is 1.85 bits per heavy atom. The summed E-state index contributed by atoms with van der Waals surface area (Å²) in [5.41, 5.74) is 0. The molecule has 0 atom stereocenters. The van der Waals surface area contributed by atoms with Crippen LogP contribution in [0.1, 0.15) is 27.2 Å². The van der Waals surface area contributed by atoms with E-state index >= 15 is 0 Å². The Bertz CT molecular complexity index is 138. The highest BCUT2D eigenvalue weighted by molar-refractivity contribution is 6.74. The maximum absolute atomic E-state index is 8.56. The highest BCUT2D eigenvalue weighted by Crippen LogP contribution is 2.36. The fraction of sp³-hybridized carbons (Fsp3) is 0.900. The molecule has 0 radical (unpaired) electrons. The van der Waals surface area contributed by atoms with Crippen LogP contribution in [0.25, 0.3) is 0 Å². The topological polar surface area (TPSA) is 29.5 Å². The Morgan fingerprint density at radius 3 is 2.23 bits per heavy atom. The maximum atomic E-state index is 8.56. The van der Waals surface area contributed by atoms with Gasteiger partial charge in [0.2, 0.25) is 0 Å². The second kappa shape index (κ2) is 5.03. The summed E-state index contributed by atoms with van der Waals surface area (Å²) in [6.07, 6.45) is 2.69. The molecule has 0 unspecified atom stereocenters. The summed E-state index contributed by atoms with van der Waals surface area (Å²) in [6, 6.07) is 0. The lowest BCUT2D eigenvalue weighted by Crippen LogP contribution is -2.41. The molecule has 0 aromatic heterocycles. The van der Waals surface area contributed by atoms with Crippen molar-refractivity contribution in [1.82, 2.24) is 0 Å². The molecule has 0 amide bonds. The molecule has 0 spiro atoms. The number of unbranched alkanes of at least 4 members (excludes halogenated alkanes) is 1. The lowest BCUT2D eigenvalue weighted by molar-refractivity contribution is 0.273. The van der Waals surface area contributed by atoms with Crippen LogP contribution < -0.4 is 0 Å². The van der Waals surface area contributed by atoms with E-state index in [9.17, 15) is 0 Å². The van der Waals surface area contributed by atoms with Crippen molar-refractivity contribution < 1.29 is 9.53 Å². The fourth-order valence-corrected chi connectivity index (χ4v) is 1.77. The molecule has 1 N–H and O–H groups in total. The molecule has 0 aromatic rings. The highest BCUT2D eigenvalue weighted by Gasteiger charge is 2.36. The van der Waals surface area contributed by atoms with Gasteiger partial charge in [0.25, 0.3) is 0 Å². The van der Waals surface area contributed by atoms with Crippen LogP contribution in [0.3, 0.4) is 0 Å². The molecule has 0 bridgehead atoms. The Hall–Kier alpha value is 0.00688. The average Bonchev–Trinajstić information content (AvgIpc) is 1.96. The Balaban J connectivity index is 3.77. The molecule has 2 nitrogen and oxygen atoms in total. The first-order valence-electron chi connectivity index (χ1n) is 4.88. The van der Waals surface area contributed by atoms with E-state index in [0.29, 0.717) is 0 Å². The standard InChI is InChI=1S/C10H23O2Si/c1-10(2,3)13(4,5)12-9-7-6-8-11/h6,11H,7-9H2,1-5H3/q+1. The van der Waals surface area contributed by atoms with Gasteiger partial charge in [-0.3, -0.25) is 0 Å². The fourth-order valence-electron chi connectivity index (χ4n) is 0.705. The van der Waals surface area contributed by atoms with E-state index in [2.05, 4.69) is 33.9 Å². The van der Waals surface area contributed by atoms with Crippen LogP contribution in [0, 0.1) is 6.42 Å². The van der Waals surface area contributed by atoms with E-state index < -0.39 is 8.32 Å². The van der Waals surface area contributed by atoms with E-state index in [0.717, 1.165) is 13.0 Å². The smallest absolute Gasteiger partial charge is 0.192 e. The van der Waals surface area contributed by atoms with Gasteiger partial charge in [0, 0.05) is 0 Å². The van der Waals surface area contributed by atoms with Crippen molar-refractivity contribution >= 4 is 8.32 Å². The number of hydrogen-bond acceptors (Lipinski definition) is 2. The van der Waals surface area contributed by atoms with Crippen LogP contribution in [0.2, 0.25) is 18.1 Å². The summed E-state index contributed by atoms with van der Waals surface area (Å²) in [5.74, 6) is 0. The lowest BCUT2D eigenvalue weighted by Gasteiger charge is -2.35. The van der Waals surface area contributed by atoms with Crippen LogP contribution >= 0.6 is 0 Å². The summed E-state index contributed by atoms with van der Waals surface area (Å²) in [7, 11) is -1.56. The quantitative estimate of drug-likeness (QED) is 0.423. The van der Waals surface area contributed by atoms with Gasteiger partial charge in [-0.2, -0.15) is 0 Å². The van der Waals surface area contributed by atoms with E-state index in [1.165, 1.54) is 0 Å². The molecule has 3 heteroatoms. The summed E-state index contributed by atoms with van der Waals surface area (Å²) in [4.78, 5) is 0. The van der Waals surface area contributed by atoms with E-state index in [1.54, 1.807) is 0 Å². The SMILES string of the molecule is CC(C)(C)[Si](C)(C)OCC[CH+]CO. The van der Waals surface area contributed by atoms with Crippen molar-refractivity contribution in [2.75, 3.05) is 13.2 Å². The minimum absolute atomic E-state index is 0.154. The van der Waals surface area contributed by atoms with Crippen molar-refractivity contribution in [3.63, 3.8) is 0 Å². The summed E-state index contributed by atoms with van der Waals surface area (Å²) >= 11 is 0. The van der Waals surface area contributed by atoms with Gasteiger partial charge in [0.1, 0.15) is 12.8 Å². The van der Waals surface area contributed by atoms with Gasteiger partial charge in [-0.1, -0.05) is 20.8 Å². The predicted octanol–water partition coefficient (Wildman–Crippen LogP) is 2.59. The van der Waals surface area contributed by atoms with Gasteiger partial charge in [0.15, 0.2) is 14.9 Å². The van der Waals surface area contributed by atoms with Crippen LogP contribution in [-0.2, 0) is 4.43 Å². The first-order chi connectivity index (χ1) is 5.81. The highest BCUT2D eigenvalue weighted by atomic mass is 28.4. The molecule has 78 valence electrons. The second-order valence-electron chi connectivity index (χ2n) is 4.87. The Morgan fingerprint density at radius 1 is 1.31 bits per heavy atom. The predicted molar refractivity (Wildman–Crippen MR) is 59.2 cm³/mol. The number of rotatable bonds is 5. The monoisotopic (exact) mass is 203 g/mol. The molecule has 13 heavy (non-hydrogen) atoms. The number of hydrogen-bond donors (Lipinski definition) is 1. The first-order valence-corrected chi connectivity index (χ1v) is 7.78. The average molecular weight is 203 g/mol. The molecule has 0 saturated heterocycles. The molecule has 0 fully saturated rings. The molecular formula is C10H23O2Si+. The minimum Gasteiger partial charge on any atom is -0.412 e. The maximum Gasteiger partial charge on any atom is 0.192 e. The largest absolute Gasteiger partial charge is 0.412 e. The third-order valence-electron chi connectivity index (χ3n) is 2.72. The second-order valence-corrected chi connectivity index (χ2v) is 9.68. The van der Waals surface area contributed by atoms with E-state index in [4.69, 9.17) is 9.53 Å².